The summed E-state index contributed by atoms with van der Waals surface area (Å²) in [6, 6.07) is 12.5. The molecule has 0 amide bonds. The Hall–Kier alpha value is -1.83. The molecule has 124 valence electrons. The lowest BCUT2D eigenvalue weighted by atomic mass is 10.0. The highest BCUT2D eigenvalue weighted by molar-refractivity contribution is 5.44. The van der Waals surface area contributed by atoms with Gasteiger partial charge < -0.3 is 5.32 Å². The van der Waals surface area contributed by atoms with E-state index in [0.717, 1.165) is 24.1 Å². The van der Waals surface area contributed by atoms with Crippen LogP contribution in [0.15, 0.2) is 36.4 Å². The molecule has 0 aliphatic rings. The lowest BCUT2D eigenvalue weighted by Gasteiger charge is -2.08. The van der Waals surface area contributed by atoms with E-state index in [2.05, 4.69) is 36.5 Å². The minimum Gasteiger partial charge on any atom is -0.385 e. The molecule has 0 radical (unpaired) electrons. The number of aryl methyl sites for hydroxylation is 4. The summed E-state index contributed by atoms with van der Waals surface area (Å²) in [4.78, 5) is 0. The predicted octanol–water partition coefficient (Wildman–Crippen LogP) is 5.97. The van der Waals surface area contributed by atoms with Gasteiger partial charge in [-0.3, -0.25) is 0 Å². The molecule has 2 rings (SSSR count). The molecule has 0 unspecified atom stereocenters. The second kappa shape index (κ2) is 8.71. The zero-order valence-electron chi connectivity index (χ0n) is 14.6. The molecule has 2 aromatic rings. The normalized spacial score (nSPS) is 10.8. The third-order valence-electron chi connectivity index (χ3n) is 4.27. The van der Waals surface area contributed by atoms with Crippen LogP contribution in [0.25, 0.3) is 0 Å². The summed E-state index contributed by atoms with van der Waals surface area (Å²) in [5, 5.41) is 3.46. The molecule has 0 saturated carbocycles. The Morgan fingerprint density at radius 2 is 1.43 bits per heavy atom. The van der Waals surface area contributed by atoms with Crippen LogP contribution in [-0.2, 0) is 6.42 Å². The van der Waals surface area contributed by atoms with Crippen molar-refractivity contribution in [3.05, 3.63) is 64.5 Å². The van der Waals surface area contributed by atoms with Gasteiger partial charge in [-0.1, -0.05) is 42.7 Å². The van der Waals surface area contributed by atoms with E-state index in [9.17, 15) is 4.39 Å². The summed E-state index contributed by atoms with van der Waals surface area (Å²) in [6.07, 6.45) is 5.88. The molecule has 0 spiro atoms. The largest absolute Gasteiger partial charge is 0.385 e. The van der Waals surface area contributed by atoms with Crippen LogP contribution in [0.5, 0.6) is 0 Å². The molecule has 0 atom stereocenters. The van der Waals surface area contributed by atoms with E-state index in [1.165, 1.54) is 42.5 Å². The number of rotatable bonds is 8. The van der Waals surface area contributed by atoms with Crippen molar-refractivity contribution in [2.45, 2.75) is 52.9 Å². The van der Waals surface area contributed by atoms with Crippen LogP contribution in [-0.4, -0.2) is 6.54 Å². The minimum atomic E-state index is -0.0593. The first-order valence-corrected chi connectivity index (χ1v) is 8.62. The van der Waals surface area contributed by atoms with E-state index < -0.39 is 0 Å². The van der Waals surface area contributed by atoms with Gasteiger partial charge in [0.25, 0.3) is 0 Å². The zero-order chi connectivity index (χ0) is 16.7. The molecule has 2 heteroatoms. The van der Waals surface area contributed by atoms with E-state index in [4.69, 9.17) is 0 Å². The number of nitrogens with one attached hydrogen (secondary N) is 1. The third-order valence-corrected chi connectivity index (χ3v) is 4.27. The molecule has 0 saturated heterocycles. The highest BCUT2D eigenvalue weighted by Crippen LogP contribution is 2.17. The van der Waals surface area contributed by atoms with Crippen molar-refractivity contribution in [1.29, 1.82) is 0 Å². The van der Waals surface area contributed by atoms with Crippen LogP contribution in [0.3, 0.4) is 0 Å². The van der Waals surface area contributed by atoms with Gasteiger partial charge in [0, 0.05) is 12.2 Å². The Balaban J connectivity index is 1.60. The van der Waals surface area contributed by atoms with E-state index >= 15 is 0 Å². The van der Waals surface area contributed by atoms with Gasteiger partial charge in [0.2, 0.25) is 0 Å². The molecule has 0 heterocycles. The van der Waals surface area contributed by atoms with E-state index in [1.54, 1.807) is 0 Å². The van der Waals surface area contributed by atoms with Crippen LogP contribution < -0.4 is 5.32 Å². The molecule has 0 aliphatic carbocycles. The minimum absolute atomic E-state index is 0.0593. The van der Waals surface area contributed by atoms with Crippen LogP contribution in [0, 0.1) is 26.6 Å². The van der Waals surface area contributed by atoms with Crippen molar-refractivity contribution in [2.75, 3.05) is 11.9 Å². The molecule has 0 aliphatic heterocycles. The second-order valence-electron chi connectivity index (χ2n) is 6.50. The van der Waals surface area contributed by atoms with Crippen molar-refractivity contribution in [1.82, 2.24) is 0 Å². The molecule has 0 aromatic heterocycles. The van der Waals surface area contributed by atoms with Gasteiger partial charge in [-0.2, -0.15) is 0 Å². The van der Waals surface area contributed by atoms with Crippen LogP contribution in [0.1, 0.15) is 47.9 Å². The van der Waals surface area contributed by atoms with Crippen LogP contribution in [0.2, 0.25) is 0 Å². The number of unbranched alkanes of at least 4 members (excludes halogenated alkanes) is 3. The van der Waals surface area contributed by atoms with Gasteiger partial charge in [-0.05, 0) is 68.9 Å². The van der Waals surface area contributed by atoms with Crippen molar-refractivity contribution in [2.24, 2.45) is 0 Å². The fourth-order valence-electron chi connectivity index (χ4n) is 2.89. The number of halogens is 1. The van der Waals surface area contributed by atoms with Gasteiger partial charge in [0.05, 0.1) is 0 Å². The van der Waals surface area contributed by atoms with Crippen molar-refractivity contribution in [3.63, 3.8) is 0 Å². The summed E-state index contributed by atoms with van der Waals surface area (Å²) in [5.41, 5.74) is 5.29. The van der Waals surface area contributed by atoms with Gasteiger partial charge in [0.15, 0.2) is 0 Å². The molecular formula is C21H28FN. The smallest absolute Gasteiger partial charge is 0.129 e. The molecule has 1 nitrogen and oxygen atoms in total. The predicted molar refractivity (Wildman–Crippen MR) is 97.7 cm³/mol. The topological polar surface area (TPSA) is 12.0 Å². The van der Waals surface area contributed by atoms with Gasteiger partial charge in [-0.15, -0.1) is 0 Å². The highest BCUT2D eigenvalue weighted by Gasteiger charge is 2.04. The maximum atomic E-state index is 13.6. The molecular weight excluding hydrogens is 285 g/mol. The lowest BCUT2D eigenvalue weighted by Crippen LogP contribution is -2.01. The number of benzene rings is 2. The van der Waals surface area contributed by atoms with E-state index in [-0.39, 0.29) is 5.82 Å². The highest BCUT2D eigenvalue weighted by atomic mass is 19.1. The van der Waals surface area contributed by atoms with Gasteiger partial charge >= 0.3 is 0 Å². The zero-order valence-corrected chi connectivity index (χ0v) is 14.6. The Labute approximate surface area is 139 Å². The summed E-state index contributed by atoms with van der Waals surface area (Å²) in [5.74, 6) is -0.0593. The number of hydrogen-bond donors (Lipinski definition) is 1. The SMILES string of the molecule is Cc1ccc(NCCCCCCc2cc(C)c(F)c(C)c2)cc1. The monoisotopic (exact) mass is 313 g/mol. The quantitative estimate of drug-likeness (QED) is 0.592. The second-order valence-corrected chi connectivity index (χ2v) is 6.50. The maximum absolute atomic E-state index is 13.6. The fraction of sp³-hybridized carbons (Fsp3) is 0.429. The average Bonchev–Trinajstić information content (AvgIpc) is 2.53. The maximum Gasteiger partial charge on any atom is 0.129 e. The van der Waals surface area contributed by atoms with Crippen LogP contribution >= 0.6 is 0 Å². The van der Waals surface area contributed by atoms with E-state index in [0.29, 0.717) is 0 Å². The van der Waals surface area contributed by atoms with Gasteiger partial charge in [-0.25, -0.2) is 4.39 Å². The Kier molecular flexibility index (Phi) is 6.64. The first-order valence-electron chi connectivity index (χ1n) is 8.62. The first-order chi connectivity index (χ1) is 11.1. The van der Waals surface area contributed by atoms with Crippen molar-refractivity contribution >= 4 is 5.69 Å². The molecule has 2 aromatic carbocycles. The standard InChI is InChI=1S/C21H28FN/c1-16-9-11-20(12-10-16)23-13-7-5-4-6-8-19-14-17(2)21(22)18(3)15-19/h9-12,14-15,23H,4-8,13H2,1-3H3. The molecule has 0 bridgehead atoms. The number of anilines is 1. The third kappa shape index (κ3) is 5.70. The number of hydrogen-bond acceptors (Lipinski definition) is 1. The van der Waals surface area contributed by atoms with Crippen LogP contribution in [0.4, 0.5) is 10.1 Å². The summed E-state index contributed by atoms with van der Waals surface area (Å²) in [7, 11) is 0. The van der Waals surface area contributed by atoms with Gasteiger partial charge in [0.1, 0.15) is 5.82 Å². The van der Waals surface area contributed by atoms with Crippen molar-refractivity contribution in [3.8, 4) is 0 Å². The molecule has 1 N–H and O–H groups in total. The first kappa shape index (κ1) is 17.5. The fourth-order valence-corrected chi connectivity index (χ4v) is 2.89. The Morgan fingerprint density at radius 3 is 2.09 bits per heavy atom. The summed E-state index contributed by atoms with van der Waals surface area (Å²) in [6.45, 7) is 6.83. The molecule has 0 fully saturated rings. The molecule has 23 heavy (non-hydrogen) atoms. The average molecular weight is 313 g/mol. The summed E-state index contributed by atoms with van der Waals surface area (Å²) >= 11 is 0. The summed E-state index contributed by atoms with van der Waals surface area (Å²) < 4.78 is 13.6. The Morgan fingerprint density at radius 1 is 0.826 bits per heavy atom. The Bertz CT molecular complexity index is 593. The lowest BCUT2D eigenvalue weighted by molar-refractivity contribution is 0.606. The van der Waals surface area contributed by atoms with Crippen molar-refractivity contribution < 1.29 is 4.39 Å². The van der Waals surface area contributed by atoms with E-state index in [1.807, 2.05) is 26.0 Å².